The quantitative estimate of drug-likeness (QED) is 0.485. The van der Waals surface area contributed by atoms with E-state index in [2.05, 4.69) is 18.8 Å². The molecule has 0 atom stereocenters. The summed E-state index contributed by atoms with van der Waals surface area (Å²) >= 11 is 0. The standard InChI is InChI=1S/C9H17NO.C2H6/c1-4-6-7-9(10-3)11-8-5-2;1-2/h6-7H,4-5,8H2,1-3H3;1-2H3/b7-6-,10-9?;. The molecule has 0 amide bonds. The highest BCUT2D eigenvalue weighted by molar-refractivity contribution is 5.87. The topological polar surface area (TPSA) is 21.6 Å². The summed E-state index contributed by atoms with van der Waals surface area (Å²) in [5.74, 6) is 0.730. The van der Waals surface area contributed by atoms with E-state index in [-0.39, 0.29) is 0 Å². The first kappa shape index (κ1) is 14.7. The van der Waals surface area contributed by atoms with Gasteiger partial charge in [-0.05, 0) is 18.9 Å². The second kappa shape index (κ2) is 13.8. The summed E-state index contributed by atoms with van der Waals surface area (Å²) in [6, 6.07) is 0. The highest BCUT2D eigenvalue weighted by Crippen LogP contribution is 1.89. The predicted molar refractivity (Wildman–Crippen MR) is 60.4 cm³/mol. The molecular formula is C11H23NO. The van der Waals surface area contributed by atoms with Crippen LogP contribution in [-0.4, -0.2) is 19.6 Å². The van der Waals surface area contributed by atoms with Crippen LogP contribution in [0.4, 0.5) is 0 Å². The predicted octanol–water partition coefficient (Wildman–Crippen LogP) is 3.43. The highest BCUT2D eigenvalue weighted by atomic mass is 16.5. The summed E-state index contributed by atoms with van der Waals surface area (Å²) in [7, 11) is 1.74. The van der Waals surface area contributed by atoms with Crippen molar-refractivity contribution in [2.24, 2.45) is 4.99 Å². The lowest BCUT2D eigenvalue weighted by molar-refractivity contribution is 0.306. The molecule has 0 heterocycles. The second-order valence-electron chi connectivity index (χ2n) is 2.22. The third kappa shape index (κ3) is 11.2. The van der Waals surface area contributed by atoms with Crippen molar-refractivity contribution in [1.82, 2.24) is 0 Å². The lowest BCUT2D eigenvalue weighted by Crippen LogP contribution is -2.01. The van der Waals surface area contributed by atoms with E-state index < -0.39 is 0 Å². The molecule has 0 saturated carbocycles. The molecule has 0 aromatic heterocycles. The highest BCUT2D eigenvalue weighted by Gasteiger charge is 1.89. The maximum atomic E-state index is 5.31. The summed E-state index contributed by atoms with van der Waals surface area (Å²) in [5, 5.41) is 0. The summed E-state index contributed by atoms with van der Waals surface area (Å²) in [5.41, 5.74) is 0. The molecule has 0 fully saturated rings. The minimum absolute atomic E-state index is 0.730. The first-order valence-electron chi connectivity index (χ1n) is 5.11. The number of rotatable bonds is 4. The van der Waals surface area contributed by atoms with Gasteiger partial charge in [-0.2, -0.15) is 0 Å². The molecular weight excluding hydrogens is 162 g/mol. The Kier molecular flexibility index (Phi) is 15.6. The fourth-order valence-corrected chi connectivity index (χ4v) is 0.612. The van der Waals surface area contributed by atoms with E-state index in [1.165, 1.54) is 0 Å². The van der Waals surface area contributed by atoms with Crippen LogP contribution in [0, 0.1) is 0 Å². The Morgan fingerprint density at radius 3 is 2.31 bits per heavy atom. The molecule has 0 bridgehead atoms. The zero-order chi connectivity index (χ0) is 10.5. The molecule has 0 aromatic rings. The van der Waals surface area contributed by atoms with Crippen molar-refractivity contribution in [3.8, 4) is 0 Å². The van der Waals surface area contributed by atoms with Crippen molar-refractivity contribution in [1.29, 1.82) is 0 Å². The molecule has 0 aliphatic rings. The Morgan fingerprint density at radius 1 is 1.31 bits per heavy atom. The maximum Gasteiger partial charge on any atom is 0.207 e. The minimum atomic E-state index is 0.730. The van der Waals surface area contributed by atoms with Crippen LogP contribution in [0.1, 0.15) is 40.5 Å². The molecule has 0 rings (SSSR count). The second-order valence-corrected chi connectivity index (χ2v) is 2.22. The Bertz CT molecular complexity index is 139. The van der Waals surface area contributed by atoms with Crippen molar-refractivity contribution >= 4 is 5.90 Å². The average Bonchev–Trinajstić information content (AvgIpc) is 2.21. The summed E-state index contributed by atoms with van der Waals surface area (Å²) < 4.78 is 5.31. The first-order valence-corrected chi connectivity index (χ1v) is 5.11. The van der Waals surface area contributed by atoms with E-state index in [0.717, 1.165) is 25.3 Å². The van der Waals surface area contributed by atoms with Crippen molar-refractivity contribution in [2.75, 3.05) is 13.7 Å². The van der Waals surface area contributed by atoms with Gasteiger partial charge in [0.15, 0.2) is 0 Å². The van der Waals surface area contributed by atoms with Crippen LogP contribution in [0.2, 0.25) is 0 Å². The minimum Gasteiger partial charge on any atom is -0.478 e. The zero-order valence-corrected chi connectivity index (χ0v) is 9.63. The van der Waals surface area contributed by atoms with Crippen molar-refractivity contribution < 1.29 is 4.74 Å². The van der Waals surface area contributed by atoms with Gasteiger partial charge in [0.25, 0.3) is 0 Å². The van der Waals surface area contributed by atoms with E-state index >= 15 is 0 Å². The van der Waals surface area contributed by atoms with E-state index in [0.29, 0.717) is 0 Å². The third-order valence-corrected chi connectivity index (χ3v) is 1.17. The van der Waals surface area contributed by atoms with Gasteiger partial charge in [-0.15, -0.1) is 0 Å². The molecule has 0 unspecified atom stereocenters. The normalized spacial score (nSPS) is 11.0. The van der Waals surface area contributed by atoms with Crippen LogP contribution in [0.15, 0.2) is 17.1 Å². The van der Waals surface area contributed by atoms with Gasteiger partial charge < -0.3 is 4.74 Å². The molecule has 0 aliphatic carbocycles. The molecule has 0 N–H and O–H groups in total. The van der Waals surface area contributed by atoms with Gasteiger partial charge >= 0.3 is 0 Å². The van der Waals surface area contributed by atoms with Gasteiger partial charge in [-0.1, -0.05) is 33.8 Å². The average molecular weight is 185 g/mol. The molecule has 0 radical (unpaired) electrons. The molecule has 13 heavy (non-hydrogen) atoms. The van der Waals surface area contributed by atoms with Crippen LogP contribution < -0.4 is 0 Å². The van der Waals surface area contributed by atoms with Gasteiger partial charge in [-0.25, -0.2) is 0 Å². The van der Waals surface area contributed by atoms with Crippen LogP contribution in [0.25, 0.3) is 0 Å². The van der Waals surface area contributed by atoms with Crippen LogP contribution in [-0.2, 0) is 4.74 Å². The first-order chi connectivity index (χ1) is 6.35. The number of aliphatic imine (C=N–C) groups is 1. The molecule has 78 valence electrons. The molecule has 2 nitrogen and oxygen atoms in total. The zero-order valence-electron chi connectivity index (χ0n) is 9.63. The smallest absolute Gasteiger partial charge is 0.207 e. The number of nitrogens with zero attached hydrogens (tertiary/aromatic N) is 1. The fourth-order valence-electron chi connectivity index (χ4n) is 0.612. The molecule has 0 aliphatic heterocycles. The van der Waals surface area contributed by atoms with Crippen molar-refractivity contribution in [3.63, 3.8) is 0 Å². The molecule has 0 saturated heterocycles. The van der Waals surface area contributed by atoms with Gasteiger partial charge in [0.1, 0.15) is 0 Å². The number of ether oxygens (including phenoxy) is 1. The Hall–Kier alpha value is -0.790. The van der Waals surface area contributed by atoms with E-state index in [1.807, 2.05) is 26.0 Å². The van der Waals surface area contributed by atoms with E-state index in [9.17, 15) is 0 Å². The lowest BCUT2D eigenvalue weighted by atomic mass is 10.4. The van der Waals surface area contributed by atoms with Crippen LogP contribution >= 0.6 is 0 Å². The van der Waals surface area contributed by atoms with E-state index in [1.54, 1.807) is 7.05 Å². The Balaban J connectivity index is 0. The van der Waals surface area contributed by atoms with Gasteiger partial charge in [0.2, 0.25) is 5.90 Å². The summed E-state index contributed by atoms with van der Waals surface area (Å²) in [6.45, 7) is 8.92. The number of allylic oxidation sites excluding steroid dienone is 1. The van der Waals surface area contributed by atoms with Crippen LogP contribution in [0.5, 0.6) is 0 Å². The Labute approximate surface area is 82.7 Å². The SMILES string of the molecule is CC.CC/C=C\C(=NC)OCCC. The van der Waals surface area contributed by atoms with Crippen LogP contribution in [0.3, 0.4) is 0 Å². The third-order valence-electron chi connectivity index (χ3n) is 1.17. The molecule has 2 heteroatoms. The molecule has 0 spiro atoms. The fraction of sp³-hybridized carbons (Fsp3) is 0.727. The number of hydrogen-bond donors (Lipinski definition) is 0. The maximum absolute atomic E-state index is 5.31. The number of hydrogen-bond acceptors (Lipinski definition) is 2. The van der Waals surface area contributed by atoms with Gasteiger partial charge in [0, 0.05) is 7.05 Å². The molecule has 0 aromatic carbocycles. The monoisotopic (exact) mass is 185 g/mol. The Morgan fingerprint density at radius 2 is 1.92 bits per heavy atom. The van der Waals surface area contributed by atoms with Crippen molar-refractivity contribution in [3.05, 3.63) is 12.2 Å². The van der Waals surface area contributed by atoms with E-state index in [4.69, 9.17) is 4.74 Å². The largest absolute Gasteiger partial charge is 0.478 e. The summed E-state index contributed by atoms with van der Waals surface area (Å²) in [4.78, 5) is 3.97. The van der Waals surface area contributed by atoms with Gasteiger partial charge in [-0.3, -0.25) is 4.99 Å². The van der Waals surface area contributed by atoms with Crippen molar-refractivity contribution in [2.45, 2.75) is 40.5 Å². The summed E-state index contributed by atoms with van der Waals surface area (Å²) in [6.07, 6.45) is 6.00. The lowest BCUT2D eigenvalue weighted by Gasteiger charge is -2.01. The van der Waals surface area contributed by atoms with Gasteiger partial charge in [0.05, 0.1) is 6.61 Å².